The molecule has 1 fully saturated rings. The topological polar surface area (TPSA) is 96.7 Å². The van der Waals surface area contributed by atoms with Crippen LogP contribution in [0, 0.1) is 23.0 Å². The number of rotatable bonds is 11. The molecule has 5 rings (SSSR count). The first-order chi connectivity index (χ1) is 20.9. The number of ether oxygens (including phenoxy) is 1. The van der Waals surface area contributed by atoms with Crippen molar-refractivity contribution in [1.29, 1.82) is 0 Å². The summed E-state index contributed by atoms with van der Waals surface area (Å²) >= 11 is 0. The predicted molar refractivity (Wildman–Crippen MR) is 172 cm³/mol. The summed E-state index contributed by atoms with van der Waals surface area (Å²) in [5, 5.41) is 19.0. The number of hydrogen-bond acceptors (Lipinski definition) is 6. The van der Waals surface area contributed by atoms with E-state index in [0.717, 1.165) is 41.0 Å². The molecular weight excluding hydrogens is 540 g/mol. The van der Waals surface area contributed by atoms with Crippen LogP contribution in [0.2, 0.25) is 0 Å². The van der Waals surface area contributed by atoms with E-state index in [1.807, 2.05) is 97.9 Å². The number of carbonyl (C=O) groups excluding carboxylic acids is 1. The van der Waals surface area contributed by atoms with Gasteiger partial charge in [0.05, 0.1) is 12.0 Å². The third kappa shape index (κ3) is 7.52. The lowest BCUT2D eigenvalue weighted by molar-refractivity contribution is -0.383. The molecule has 0 radical (unpaired) electrons. The molecule has 0 atom stereocenters. The largest absolute Gasteiger partial charge is 0.496 e. The van der Waals surface area contributed by atoms with E-state index >= 15 is 0 Å². The number of nitro groups is 1. The second-order valence-electron chi connectivity index (χ2n) is 11.1. The number of amides is 1. The maximum Gasteiger partial charge on any atom is 0.315 e. The minimum absolute atomic E-state index is 0.00482. The van der Waals surface area contributed by atoms with Crippen LogP contribution in [0.1, 0.15) is 42.4 Å². The third-order valence-electron chi connectivity index (χ3n) is 8.10. The highest BCUT2D eigenvalue weighted by Gasteiger charge is 2.30. The Kier molecular flexibility index (Phi) is 9.56. The van der Waals surface area contributed by atoms with E-state index in [1.165, 1.54) is 0 Å². The van der Waals surface area contributed by atoms with E-state index in [0.29, 0.717) is 37.3 Å². The molecule has 8 heteroatoms. The van der Waals surface area contributed by atoms with Crippen molar-refractivity contribution >= 4 is 28.7 Å². The number of nitrogens with zero attached hydrogens (tertiary/aromatic N) is 2. The molecule has 1 amide bonds. The Morgan fingerprint density at radius 1 is 0.884 bits per heavy atom. The average Bonchev–Trinajstić information content (AvgIpc) is 3.03. The van der Waals surface area contributed by atoms with Crippen molar-refractivity contribution in [1.82, 2.24) is 0 Å². The summed E-state index contributed by atoms with van der Waals surface area (Å²) in [4.78, 5) is 27.3. The lowest BCUT2D eigenvalue weighted by Gasteiger charge is -2.30. The number of methoxy groups -OCH3 is 1. The van der Waals surface area contributed by atoms with Crippen molar-refractivity contribution in [2.75, 3.05) is 22.6 Å². The Morgan fingerprint density at radius 3 is 2.09 bits per heavy atom. The lowest BCUT2D eigenvalue weighted by Crippen LogP contribution is -2.32. The van der Waals surface area contributed by atoms with Gasteiger partial charge in [-0.05, 0) is 67.5 Å². The second-order valence-corrected chi connectivity index (χ2v) is 11.1. The van der Waals surface area contributed by atoms with Gasteiger partial charge in [0.25, 0.3) is 0 Å². The maximum absolute atomic E-state index is 13.0. The third-order valence-corrected chi connectivity index (χ3v) is 8.10. The van der Waals surface area contributed by atoms with Crippen molar-refractivity contribution in [3.05, 3.63) is 124 Å². The highest BCUT2D eigenvalue weighted by Crippen LogP contribution is 2.39. The van der Waals surface area contributed by atoms with Gasteiger partial charge in [-0.1, -0.05) is 72.8 Å². The summed E-state index contributed by atoms with van der Waals surface area (Å²) in [5.41, 5.74) is 5.03. The molecule has 4 aromatic carbocycles. The Labute approximate surface area is 252 Å². The highest BCUT2D eigenvalue weighted by atomic mass is 16.6. The van der Waals surface area contributed by atoms with Gasteiger partial charge in [0.2, 0.25) is 5.91 Å². The zero-order chi connectivity index (χ0) is 30.2. The molecule has 4 aromatic rings. The van der Waals surface area contributed by atoms with Crippen molar-refractivity contribution in [2.45, 2.75) is 51.7 Å². The number of carbonyl (C=O) groups is 1. The van der Waals surface area contributed by atoms with Gasteiger partial charge in [-0.25, -0.2) is 0 Å². The molecule has 0 aromatic heterocycles. The molecule has 1 aliphatic carbocycles. The first-order valence-corrected chi connectivity index (χ1v) is 14.7. The van der Waals surface area contributed by atoms with Crippen LogP contribution in [0.25, 0.3) is 0 Å². The standard InChI is InChI=1S/C35H38N4O4/c1-25-16-19-30(22-33(25)43-2)37-35(40)28-17-20-29(21-18-28)36-31-14-9-15-32(34(31)39(41)42)38(23-26-10-5-3-6-11-26)24-27-12-7-4-8-13-27/h3-16,19,22,28-29,36H,17-18,20-21,23-24H2,1-2H3,(H,37,40). The van der Waals surface area contributed by atoms with Gasteiger partial charge in [-0.2, -0.15) is 0 Å². The molecule has 0 spiro atoms. The van der Waals surface area contributed by atoms with Crippen LogP contribution in [0.15, 0.2) is 97.1 Å². The first-order valence-electron chi connectivity index (χ1n) is 14.7. The zero-order valence-corrected chi connectivity index (χ0v) is 24.7. The van der Waals surface area contributed by atoms with Crippen molar-refractivity contribution < 1.29 is 14.5 Å². The molecule has 0 heterocycles. The van der Waals surface area contributed by atoms with E-state index in [4.69, 9.17) is 4.74 Å². The molecule has 0 unspecified atom stereocenters. The molecule has 0 saturated heterocycles. The number of nitro benzene ring substituents is 1. The van der Waals surface area contributed by atoms with E-state index in [1.54, 1.807) is 13.2 Å². The van der Waals surface area contributed by atoms with Gasteiger partial charge in [0, 0.05) is 36.8 Å². The molecular formula is C35H38N4O4. The SMILES string of the molecule is COc1cc(NC(=O)C2CCC(Nc3cccc(N(Cc4ccccc4)Cc4ccccc4)c3[N+](=O)[O-])CC2)ccc1C. The Balaban J connectivity index is 1.30. The molecule has 1 saturated carbocycles. The van der Waals surface area contributed by atoms with Gasteiger partial charge in [-0.3, -0.25) is 14.9 Å². The Bertz CT molecular complexity index is 1490. The van der Waals surface area contributed by atoms with E-state index in [-0.39, 0.29) is 28.5 Å². The van der Waals surface area contributed by atoms with E-state index in [2.05, 4.69) is 15.5 Å². The summed E-state index contributed by atoms with van der Waals surface area (Å²) in [5.74, 6) is 0.620. The molecule has 1 aliphatic rings. The molecule has 2 N–H and O–H groups in total. The number of anilines is 3. The molecule has 0 aliphatic heterocycles. The summed E-state index contributed by atoms with van der Waals surface area (Å²) in [6.07, 6.45) is 2.89. The zero-order valence-electron chi connectivity index (χ0n) is 24.7. The van der Waals surface area contributed by atoms with E-state index in [9.17, 15) is 14.9 Å². The monoisotopic (exact) mass is 578 g/mol. The average molecular weight is 579 g/mol. The molecule has 222 valence electrons. The van der Waals surface area contributed by atoms with Crippen LogP contribution < -0.4 is 20.3 Å². The summed E-state index contributed by atoms with van der Waals surface area (Å²) in [6.45, 7) is 3.03. The van der Waals surface area contributed by atoms with Crippen LogP contribution in [0.5, 0.6) is 5.75 Å². The van der Waals surface area contributed by atoms with Crippen molar-refractivity contribution in [2.24, 2.45) is 5.92 Å². The predicted octanol–water partition coefficient (Wildman–Crippen LogP) is 7.73. The Morgan fingerprint density at radius 2 is 1.51 bits per heavy atom. The van der Waals surface area contributed by atoms with Gasteiger partial charge in [-0.15, -0.1) is 0 Å². The Hall–Kier alpha value is -4.85. The van der Waals surface area contributed by atoms with Crippen LogP contribution in [-0.4, -0.2) is 24.0 Å². The fourth-order valence-electron chi connectivity index (χ4n) is 5.79. The van der Waals surface area contributed by atoms with Gasteiger partial charge in [0.15, 0.2) is 0 Å². The maximum atomic E-state index is 13.0. The minimum Gasteiger partial charge on any atom is -0.496 e. The minimum atomic E-state index is -0.282. The molecule has 8 nitrogen and oxygen atoms in total. The number of benzene rings is 4. The van der Waals surface area contributed by atoms with E-state index < -0.39 is 0 Å². The van der Waals surface area contributed by atoms with Gasteiger partial charge >= 0.3 is 5.69 Å². The fraction of sp³-hybridized carbons (Fsp3) is 0.286. The van der Waals surface area contributed by atoms with Crippen molar-refractivity contribution in [3.8, 4) is 5.75 Å². The highest BCUT2D eigenvalue weighted by molar-refractivity contribution is 5.92. The number of para-hydroxylation sites is 1. The van der Waals surface area contributed by atoms with Gasteiger partial charge in [0.1, 0.15) is 17.1 Å². The van der Waals surface area contributed by atoms with Gasteiger partial charge < -0.3 is 20.3 Å². The summed E-state index contributed by atoms with van der Waals surface area (Å²) in [6, 6.07) is 31.2. The van der Waals surface area contributed by atoms with Crippen LogP contribution in [0.4, 0.5) is 22.7 Å². The smallest absolute Gasteiger partial charge is 0.315 e. The van der Waals surface area contributed by atoms with Crippen LogP contribution in [0.3, 0.4) is 0 Å². The summed E-state index contributed by atoms with van der Waals surface area (Å²) < 4.78 is 5.38. The first kappa shape index (κ1) is 29.6. The van der Waals surface area contributed by atoms with Crippen molar-refractivity contribution in [3.63, 3.8) is 0 Å². The molecule has 0 bridgehead atoms. The normalized spacial score (nSPS) is 16.2. The fourth-order valence-corrected chi connectivity index (χ4v) is 5.79. The summed E-state index contributed by atoms with van der Waals surface area (Å²) in [7, 11) is 1.62. The second kappa shape index (κ2) is 13.9. The van der Waals surface area contributed by atoms with Crippen LogP contribution in [-0.2, 0) is 17.9 Å². The number of hydrogen-bond donors (Lipinski definition) is 2. The molecule has 43 heavy (non-hydrogen) atoms. The van der Waals surface area contributed by atoms with Crippen LogP contribution >= 0.6 is 0 Å². The quantitative estimate of drug-likeness (QED) is 0.140. The number of aryl methyl sites for hydroxylation is 1. The lowest BCUT2D eigenvalue weighted by atomic mass is 9.85. The number of nitrogens with one attached hydrogen (secondary N) is 2.